The van der Waals surface area contributed by atoms with Crippen LogP contribution in [0.1, 0.15) is 37.6 Å². The number of aromatic nitrogens is 3. The number of nitrogens with one attached hydrogen (secondary N) is 1. The molecule has 2 aromatic rings. The van der Waals surface area contributed by atoms with Gasteiger partial charge in [-0.3, -0.25) is 4.79 Å². The summed E-state index contributed by atoms with van der Waals surface area (Å²) in [6.45, 7) is 6.88. The summed E-state index contributed by atoms with van der Waals surface area (Å²) in [6.07, 6.45) is 3.22. The topological polar surface area (TPSA) is 58.6 Å². The normalized spacial score (nSPS) is 20.1. The fourth-order valence-corrected chi connectivity index (χ4v) is 4.03. The molecule has 2 aromatic heterocycles. The first kappa shape index (κ1) is 11.8. The number of hydrogen-bond acceptors (Lipinski definition) is 4. The van der Waals surface area contributed by atoms with Crippen molar-refractivity contribution in [2.45, 2.75) is 40.0 Å². The lowest BCUT2D eigenvalue weighted by Crippen LogP contribution is -2.26. The van der Waals surface area contributed by atoms with E-state index in [1.165, 1.54) is 10.4 Å². The highest BCUT2D eigenvalue weighted by molar-refractivity contribution is 7.18. The Balaban J connectivity index is 2.11. The maximum Gasteiger partial charge on any atom is 0.276 e. The van der Waals surface area contributed by atoms with E-state index in [1.54, 1.807) is 11.3 Å². The van der Waals surface area contributed by atoms with Crippen molar-refractivity contribution >= 4 is 21.6 Å². The van der Waals surface area contributed by atoms with Crippen molar-refractivity contribution in [2.24, 2.45) is 11.3 Å². The van der Waals surface area contributed by atoms with Gasteiger partial charge in [0.2, 0.25) is 0 Å². The van der Waals surface area contributed by atoms with Gasteiger partial charge in [0.1, 0.15) is 0 Å². The summed E-state index contributed by atoms with van der Waals surface area (Å²) in [5.41, 5.74) is 1.45. The van der Waals surface area contributed by atoms with Crippen LogP contribution in [0.4, 0.5) is 0 Å². The number of nitrogens with zero attached hydrogens (tertiary/aromatic N) is 2. The Kier molecular flexibility index (Phi) is 2.55. The van der Waals surface area contributed by atoms with E-state index in [1.807, 2.05) is 0 Å². The molecule has 0 bridgehead atoms. The second-order valence-electron chi connectivity index (χ2n) is 6.13. The van der Waals surface area contributed by atoms with E-state index < -0.39 is 0 Å². The second-order valence-corrected chi connectivity index (χ2v) is 7.21. The predicted octanol–water partition coefficient (Wildman–Crippen LogP) is 2.53. The summed E-state index contributed by atoms with van der Waals surface area (Å²) in [6, 6.07) is 0. The molecule has 1 aliphatic rings. The van der Waals surface area contributed by atoms with Crippen LogP contribution in [0.15, 0.2) is 4.79 Å². The van der Waals surface area contributed by atoms with E-state index in [0.29, 0.717) is 11.3 Å². The fourth-order valence-electron chi connectivity index (χ4n) is 2.79. The van der Waals surface area contributed by atoms with Gasteiger partial charge >= 0.3 is 0 Å². The highest BCUT2D eigenvalue weighted by Crippen LogP contribution is 2.41. The van der Waals surface area contributed by atoms with Crippen LogP contribution in [0, 0.1) is 11.3 Å². The van der Waals surface area contributed by atoms with Crippen LogP contribution in [0.3, 0.4) is 0 Å². The van der Waals surface area contributed by atoms with Gasteiger partial charge in [-0.05, 0) is 36.2 Å². The van der Waals surface area contributed by atoms with E-state index in [0.717, 1.165) is 29.5 Å². The summed E-state index contributed by atoms with van der Waals surface area (Å²) >= 11 is 1.64. The molecule has 96 valence electrons. The molecule has 3 rings (SSSR count). The first-order chi connectivity index (χ1) is 8.47. The summed E-state index contributed by atoms with van der Waals surface area (Å²) < 4.78 is 0. The quantitative estimate of drug-likeness (QED) is 0.794. The molecular weight excluding hydrogens is 246 g/mol. The Labute approximate surface area is 109 Å². The molecule has 18 heavy (non-hydrogen) atoms. The van der Waals surface area contributed by atoms with Crippen molar-refractivity contribution in [2.75, 3.05) is 0 Å². The molecular formula is C13H17N3OS. The summed E-state index contributed by atoms with van der Waals surface area (Å²) in [7, 11) is 0. The summed E-state index contributed by atoms with van der Waals surface area (Å²) in [5, 5.41) is 10.9. The standard InChI is InChI=1S/C13H17N3OS/c1-13(2,3)7-4-5-8-9(6-7)18-12-10(8)11(17)14-16-15-12/h7H,4-6H2,1-3H3,(H,14,15,17)/t7-/m0/s1. The predicted molar refractivity (Wildman–Crippen MR) is 73.0 cm³/mol. The maximum absolute atomic E-state index is 11.8. The third-order valence-corrected chi connectivity index (χ3v) is 5.13. The molecule has 1 N–H and O–H groups in total. The van der Waals surface area contributed by atoms with Crippen LogP contribution < -0.4 is 5.56 Å². The van der Waals surface area contributed by atoms with Crippen LogP contribution in [-0.2, 0) is 12.8 Å². The lowest BCUT2D eigenvalue weighted by atomic mass is 9.72. The molecule has 0 aromatic carbocycles. The first-order valence-corrected chi connectivity index (χ1v) is 7.14. The minimum atomic E-state index is -0.0910. The van der Waals surface area contributed by atoms with Gasteiger partial charge in [-0.1, -0.05) is 26.0 Å². The number of H-pyrrole nitrogens is 1. The highest BCUT2D eigenvalue weighted by atomic mass is 32.1. The molecule has 5 heteroatoms. The average Bonchev–Trinajstić information content (AvgIpc) is 2.66. The summed E-state index contributed by atoms with van der Waals surface area (Å²) in [4.78, 5) is 14.0. The Hall–Kier alpha value is -1.23. The van der Waals surface area contributed by atoms with Gasteiger partial charge in [0.05, 0.1) is 5.39 Å². The Morgan fingerprint density at radius 3 is 2.89 bits per heavy atom. The van der Waals surface area contributed by atoms with Crippen molar-refractivity contribution in [1.82, 2.24) is 15.4 Å². The average molecular weight is 263 g/mol. The number of rotatable bonds is 0. The lowest BCUT2D eigenvalue weighted by Gasteiger charge is -2.33. The second kappa shape index (κ2) is 3.88. The lowest BCUT2D eigenvalue weighted by molar-refractivity contribution is 0.218. The third-order valence-electron chi connectivity index (χ3n) is 3.99. The fraction of sp³-hybridized carbons (Fsp3) is 0.615. The SMILES string of the molecule is CC(C)(C)[C@H]1CCc2c(sc3nn[nH]c(=O)c23)C1. The van der Waals surface area contributed by atoms with Gasteiger partial charge in [0, 0.05) is 4.88 Å². The smallest absolute Gasteiger partial charge is 0.267 e. The molecule has 0 aliphatic heterocycles. The minimum Gasteiger partial charge on any atom is -0.267 e. The zero-order valence-corrected chi connectivity index (χ0v) is 11.7. The molecule has 0 spiro atoms. The van der Waals surface area contributed by atoms with Crippen molar-refractivity contribution in [3.8, 4) is 0 Å². The molecule has 0 unspecified atom stereocenters. The van der Waals surface area contributed by atoms with Gasteiger partial charge in [-0.15, -0.1) is 16.4 Å². The zero-order chi connectivity index (χ0) is 12.9. The van der Waals surface area contributed by atoms with Crippen molar-refractivity contribution in [3.63, 3.8) is 0 Å². The van der Waals surface area contributed by atoms with Gasteiger partial charge in [0.15, 0.2) is 4.83 Å². The van der Waals surface area contributed by atoms with E-state index in [2.05, 4.69) is 36.2 Å². The number of fused-ring (bicyclic) bond motifs is 3. The van der Waals surface area contributed by atoms with Crippen LogP contribution in [0.5, 0.6) is 0 Å². The molecule has 0 saturated carbocycles. The largest absolute Gasteiger partial charge is 0.276 e. The van der Waals surface area contributed by atoms with Gasteiger partial charge in [-0.2, -0.15) is 0 Å². The highest BCUT2D eigenvalue weighted by Gasteiger charge is 2.31. The summed E-state index contributed by atoms with van der Waals surface area (Å²) in [5.74, 6) is 0.685. The molecule has 0 amide bonds. The molecule has 1 aliphatic carbocycles. The van der Waals surface area contributed by atoms with Gasteiger partial charge < -0.3 is 0 Å². The molecule has 4 nitrogen and oxygen atoms in total. The molecule has 0 fully saturated rings. The molecule has 1 atom stereocenters. The Bertz CT molecular complexity index is 650. The minimum absolute atomic E-state index is 0.0910. The Morgan fingerprint density at radius 1 is 1.39 bits per heavy atom. The van der Waals surface area contributed by atoms with E-state index in [4.69, 9.17) is 0 Å². The van der Waals surface area contributed by atoms with Crippen molar-refractivity contribution in [3.05, 3.63) is 20.8 Å². The van der Waals surface area contributed by atoms with E-state index in [9.17, 15) is 4.79 Å². The number of aromatic amines is 1. The first-order valence-electron chi connectivity index (χ1n) is 6.32. The van der Waals surface area contributed by atoms with Gasteiger partial charge in [0.25, 0.3) is 5.56 Å². The zero-order valence-electron chi connectivity index (χ0n) is 10.9. The maximum atomic E-state index is 11.8. The van der Waals surface area contributed by atoms with Crippen molar-refractivity contribution in [1.29, 1.82) is 0 Å². The van der Waals surface area contributed by atoms with Crippen LogP contribution in [0.2, 0.25) is 0 Å². The number of aryl methyl sites for hydroxylation is 1. The molecule has 0 saturated heterocycles. The van der Waals surface area contributed by atoms with Crippen molar-refractivity contribution < 1.29 is 0 Å². The number of thiophene rings is 1. The van der Waals surface area contributed by atoms with E-state index >= 15 is 0 Å². The monoisotopic (exact) mass is 263 g/mol. The van der Waals surface area contributed by atoms with E-state index in [-0.39, 0.29) is 5.56 Å². The van der Waals surface area contributed by atoms with Crippen LogP contribution >= 0.6 is 11.3 Å². The van der Waals surface area contributed by atoms with Gasteiger partial charge in [-0.25, -0.2) is 5.10 Å². The Morgan fingerprint density at radius 2 is 2.17 bits per heavy atom. The third kappa shape index (κ3) is 1.77. The van der Waals surface area contributed by atoms with Crippen LogP contribution in [0.25, 0.3) is 10.2 Å². The number of hydrogen-bond donors (Lipinski definition) is 1. The van der Waals surface area contributed by atoms with Crippen LogP contribution in [-0.4, -0.2) is 15.4 Å². The molecule has 0 radical (unpaired) electrons. The molecule has 2 heterocycles.